The summed E-state index contributed by atoms with van der Waals surface area (Å²) >= 11 is 0. The van der Waals surface area contributed by atoms with E-state index < -0.39 is 0 Å². The molecule has 3 unspecified atom stereocenters. The van der Waals surface area contributed by atoms with Gasteiger partial charge in [-0.05, 0) is 44.2 Å². The highest BCUT2D eigenvalue weighted by Gasteiger charge is 2.38. The summed E-state index contributed by atoms with van der Waals surface area (Å²) in [4.78, 5) is 27.2. The second-order valence-electron chi connectivity index (χ2n) is 8.50. The molecule has 4 rings (SSSR count). The summed E-state index contributed by atoms with van der Waals surface area (Å²) in [5.41, 5.74) is 3.12. The van der Waals surface area contributed by atoms with Crippen molar-refractivity contribution in [3.05, 3.63) is 69.7 Å². The summed E-state index contributed by atoms with van der Waals surface area (Å²) < 4.78 is 0. The summed E-state index contributed by atoms with van der Waals surface area (Å²) in [6.07, 6.45) is 15.3. The number of piperidine rings is 1. The van der Waals surface area contributed by atoms with Crippen LogP contribution in [-0.2, 0) is 11.2 Å². The van der Waals surface area contributed by atoms with Gasteiger partial charge in [-0.2, -0.15) is 5.10 Å². The summed E-state index contributed by atoms with van der Waals surface area (Å²) in [7, 11) is 0. The van der Waals surface area contributed by atoms with Crippen LogP contribution in [0.3, 0.4) is 0 Å². The molecule has 0 aromatic carbocycles. The number of hydrogen-bond donors (Lipinski definition) is 2. The van der Waals surface area contributed by atoms with Crippen molar-refractivity contribution >= 4 is 12.0 Å². The number of likely N-dealkylation sites (tertiary alicyclic amines) is 1. The molecule has 2 saturated heterocycles. The van der Waals surface area contributed by atoms with Crippen LogP contribution in [0.1, 0.15) is 36.1 Å². The van der Waals surface area contributed by atoms with E-state index in [1.807, 2.05) is 17.1 Å². The standard InChI is InChI=1S/C24H30N4O2/c1-3-4-10-20-16(2)23(29)27-26-21(20)13-17-7-5-8-18(12-17)24(30)28-14-19-9-6-11-25-22(19)15-28/h3-5,7,10,12,18-19,22,25H,1,6,8-9,11,13-15H2,2H3,(H,27,29). The van der Waals surface area contributed by atoms with Crippen molar-refractivity contribution in [2.24, 2.45) is 11.8 Å². The fraction of sp³-hybridized carbons (Fsp3) is 0.458. The van der Waals surface area contributed by atoms with Crippen LogP contribution in [0.25, 0.3) is 6.08 Å². The van der Waals surface area contributed by atoms with Crippen molar-refractivity contribution in [3.8, 4) is 0 Å². The van der Waals surface area contributed by atoms with E-state index in [1.165, 1.54) is 12.8 Å². The highest BCUT2D eigenvalue weighted by Crippen LogP contribution is 2.29. The highest BCUT2D eigenvalue weighted by atomic mass is 16.2. The van der Waals surface area contributed by atoms with Crippen LogP contribution >= 0.6 is 0 Å². The van der Waals surface area contributed by atoms with Crippen molar-refractivity contribution < 1.29 is 4.79 Å². The normalized spacial score (nSPS) is 26.0. The Morgan fingerprint density at radius 1 is 1.40 bits per heavy atom. The lowest BCUT2D eigenvalue weighted by Crippen LogP contribution is -2.41. The van der Waals surface area contributed by atoms with E-state index in [0.29, 0.717) is 23.9 Å². The summed E-state index contributed by atoms with van der Waals surface area (Å²) in [6, 6.07) is 0.456. The zero-order chi connectivity index (χ0) is 21.1. The smallest absolute Gasteiger partial charge is 0.267 e. The second-order valence-corrected chi connectivity index (χ2v) is 8.50. The fourth-order valence-corrected chi connectivity index (χ4v) is 4.81. The minimum Gasteiger partial charge on any atom is -0.340 e. The predicted octanol–water partition coefficient (Wildman–Crippen LogP) is 2.53. The van der Waals surface area contributed by atoms with Crippen LogP contribution < -0.4 is 10.9 Å². The average molecular weight is 407 g/mol. The zero-order valence-electron chi connectivity index (χ0n) is 17.6. The van der Waals surface area contributed by atoms with Gasteiger partial charge >= 0.3 is 0 Å². The van der Waals surface area contributed by atoms with Crippen LogP contribution in [0.4, 0.5) is 0 Å². The molecule has 2 aliphatic heterocycles. The molecular weight excluding hydrogens is 376 g/mol. The lowest BCUT2D eigenvalue weighted by molar-refractivity contribution is -0.133. The SMILES string of the molecule is C=CC=Cc1c(CC2=CC(C(=O)N3CC4CCCNC4C3)CC=C2)n[nH]c(=O)c1C. The van der Waals surface area contributed by atoms with Crippen LogP contribution in [0.2, 0.25) is 0 Å². The Labute approximate surface area is 177 Å². The summed E-state index contributed by atoms with van der Waals surface area (Å²) in [5, 5.41) is 10.4. The third-order valence-electron chi connectivity index (χ3n) is 6.48. The Balaban J connectivity index is 1.51. The number of rotatable bonds is 5. The number of carbonyl (C=O) groups excluding carboxylic acids is 1. The predicted molar refractivity (Wildman–Crippen MR) is 119 cm³/mol. The molecule has 158 valence electrons. The van der Waals surface area contributed by atoms with Gasteiger partial charge in [0.05, 0.1) is 11.6 Å². The van der Waals surface area contributed by atoms with E-state index in [0.717, 1.165) is 42.9 Å². The Kier molecular flexibility index (Phi) is 6.13. The van der Waals surface area contributed by atoms with Crippen LogP contribution in [-0.4, -0.2) is 46.7 Å². The molecule has 6 heteroatoms. The number of fused-ring (bicyclic) bond motifs is 1. The van der Waals surface area contributed by atoms with Crippen molar-refractivity contribution in [1.82, 2.24) is 20.4 Å². The highest BCUT2D eigenvalue weighted by molar-refractivity contribution is 5.81. The molecule has 0 spiro atoms. The molecule has 3 atom stereocenters. The molecule has 0 radical (unpaired) electrons. The number of amides is 1. The van der Waals surface area contributed by atoms with E-state index in [4.69, 9.17) is 0 Å². The van der Waals surface area contributed by atoms with Gasteiger partial charge in [0.1, 0.15) is 0 Å². The lowest BCUT2D eigenvalue weighted by atomic mass is 9.91. The lowest BCUT2D eigenvalue weighted by Gasteiger charge is -2.24. The molecule has 1 amide bonds. The number of aromatic nitrogens is 2. The average Bonchev–Trinajstić information content (AvgIpc) is 3.20. The number of H-pyrrole nitrogens is 1. The number of carbonyl (C=O) groups is 1. The minimum atomic E-state index is -0.187. The molecule has 1 aromatic heterocycles. The first-order valence-electron chi connectivity index (χ1n) is 10.8. The van der Waals surface area contributed by atoms with Gasteiger partial charge in [-0.3, -0.25) is 9.59 Å². The summed E-state index contributed by atoms with van der Waals surface area (Å²) in [5.74, 6) is 0.699. The maximum atomic E-state index is 13.2. The third kappa shape index (κ3) is 4.24. The molecule has 2 N–H and O–H groups in total. The molecule has 6 nitrogen and oxygen atoms in total. The van der Waals surface area contributed by atoms with Crippen molar-refractivity contribution in [1.29, 1.82) is 0 Å². The van der Waals surface area contributed by atoms with Gasteiger partial charge in [0, 0.05) is 36.7 Å². The molecule has 0 bridgehead atoms. The van der Waals surface area contributed by atoms with E-state index >= 15 is 0 Å². The molecule has 3 aliphatic rings. The van der Waals surface area contributed by atoms with Gasteiger partial charge in [-0.1, -0.05) is 43.0 Å². The first-order chi connectivity index (χ1) is 14.6. The Morgan fingerprint density at radius 2 is 2.27 bits per heavy atom. The number of nitrogens with zero attached hydrogens (tertiary/aromatic N) is 2. The van der Waals surface area contributed by atoms with Gasteiger partial charge in [-0.25, -0.2) is 5.10 Å². The van der Waals surface area contributed by atoms with Crippen molar-refractivity contribution in [2.45, 2.75) is 38.6 Å². The molecule has 2 fully saturated rings. The topological polar surface area (TPSA) is 78.1 Å². The third-order valence-corrected chi connectivity index (χ3v) is 6.48. The van der Waals surface area contributed by atoms with Crippen molar-refractivity contribution in [2.75, 3.05) is 19.6 Å². The van der Waals surface area contributed by atoms with Crippen molar-refractivity contribution in [3.63, 3.8) is 0 Å². The summed E-state index contributed by atoms with van der Waals surface area (Å²) in [6.45, 7) is 8.26. The molecule has 1 aromatic rings. The van der Waals surface area contributed by atoms with E-state index in [1.54, 1.807) is 13.0 Å². The number of allylic oxidation sites excluding steroid dienone is 5. The molecule has 30 heavy (non-hydrogen) atoms. The quantitative estimate of drug-likeness (QED) is 0.737. The van der Waals surface area contributed by atoms with Gasteiger partial charge in [0.25, 0.3) is 5.56 Å². The number of nitrogens with one attached hydrogen (secondary N) is 2. The Bertz CT molecular complexity index is 958. The molecule has 3 heterocycles. The zero-order valence-corrected chi connectivity index (χ0v) is 17.6. The number of aromatic amines is 1. The maximum absolute atomic E-state index is 13.2. The van der Waals surface area contributed by atoms with Crippen LogP contribution in [0.5, 0.6) is 0 Å². The molecule has 1 aliphatic carbocycles. The van der Waals surface area contributed by atoms with E-state index in [-0.39, 0.29) is 17.4 Å². The van der Waals surface area contributed by atoms with Gasteiger partial charge in [0.2, 0.25) is 5.91 Å². The van der Waals surface area contributed by atoms with Crippen LogP contribution in [0.15, 0.2) is 47.3 Å². The van der Waals surface area contributed by atoms with Gasteiger partial charge in [-0.15, -0.1) is 0 Å². The number of hydrogen-bond acceptors (Lipinski definition) is 4. The van der Waals surface area contributed by atoms with Gasteiger partial charge in [0.15, 0.2) is 0 Å². The van der Waals surface area contributed by atoms with Gasteiger partial charge < -0.3 is 10.2 Å². The maximum Gasteiger partial charge on any atom is 0.267 e. The first-order valence-corrected chi connectivity index (χ1v) is 10.8. The monoisotopic (exact) mass is 406 g/mol. The first kappa shape index (κ1) is 20.5. The second kappa shape index (κ2) is 8.96. The van der Waals surface area contributed by atoms with Crippen LogP contribution in [0, 0.1) is 18.8 Å². The Morgan fingerprint density at radius 3 is 3.07 bits per heavy atom. The molecular formula is C24H30N4O2. The minimum absolute atomic E-state index is 0.124. The fourth-order valence-electron chi connectivity index (χ4n) is 4.81. The Hall–Kier alpha value is -2.73. The molecule has 0 saturated carbocycles. The largest absolute Gasteiger partial charge is 0.340 e. The van der Waals surface area contributed by atoms with E-state index in [9.17, 15) is 9.59 Å². The van der Waals surface area contributed by atoms with E-state index in [2.05, 4.69) is 40.3 Å².